The van der Waals surface area contributed by atoms with Gasteiger partial charge in [-0.1, -0.05) is 158 Å². The van der Waals surface area contributed by atoms with Crippen LogP contribution in [0.4, 0.5) is 0 Å². The summed E-state index contributed by atoms with van der Waals surface area (Å²) in [5, 5.41) is 2.36. The second kappa shape index (κ2) is 13.7. The lowest BCUT2D eigenvalue weighted by Crippen LogP contribution is -2.48. The van der Waals surface area contributed by atoms with Crippen LogP contribution >= 0.6 is 0 Å². The number of aromatic nitrogens is 3. The molecule has 1 aromatic heterocycles. The lowest BCUT2D eigenvalue weighted by atomic mass is 9.48. The molecule has 8 aromatic carbocycles. The maximum atomic E-state index is 6.59. The monoisotopic (exact) mass is 823 g/mol. The predicted molar refractivity (Wildman–Crippen MR) is 256 cm³/mol. The lowest BCUT2D eigenvalue weighted by Gasteiger charge is -2.57. The fraction of sp³-hybridized carbons (Fsp3) is 0.183. The number of ether oxygens (including phenoxy) is 1. The Morgan fingerprint density at radius 3 is 1.52 bits per heavy atom. The highest BCUT2D eigenvalue weighted by Crippen LogP contribution is 2.63. The molecule has 4 nitrogen and oxygen atoms in total. The smallest absolute Gasteiger partial charge is 0.164 e. The standard InChI is InChI=1S/C60H45N3O/c1-2-10-44-32-46(22-19-40(44)9-1)58-62-56(61-57(63-58)43-23-26-47(27-24-43)59-34-37-29-38(35-59)31-39(30-37)36-59)42-20-17-41(18-21-42)45-25-28-49-48-11-3-4-12-50(48)60(53(49)33-45)51-13-5-7-15-54(51)64-55-16-8-6-14-52(55)60/h1-28,32-33,37-39H,29-31,34-36H2. The van der Waals surface area contributed by atoms with E-state index in [1.807, 2.05) is 0 Å². The molecule has 4 fully saturated rings. The Kier molecular flexibility index (Phi) is 7.76. The summed E-state index contributed by atoms with van der Waals surface area (Å²) in [5.41, 5.74) is 14.0. The molecule has 15 rings (SSSR count). The Morgan fingerprint density at radius 1 is 0.375 bits per heavy atom. The van der Waals surface area contributed by atoms with Crippen molar-refractivity contribution in [2.45, 2.75) is 49.4 Å². The number of fused-ring (bicyclic) bond motifs is 10. The van der Waals surface area contributed by atoms with Crippen molar-refractivity contribution in [1.82, 2.24) is 15.0 Å². The van der Waals surface area contributed by atoms with Gasteiger partial charge in [0.25, 0.3) is 0 Å². The van der Waals surface area contributed by atoms with Gasteiger partial charge >= 0.3 is 0 Å². The number of para-hydroxylation sites is 2. The molecule has 9 aromatic rings. The minimum absolute atomic E-state index is 0.346. The molecule has 306 valence electrons. The van der Waals surface area contributed by atoms with Crippen LogP contribution in [0, 0.1) is 17.8 Å². The van der Waals surface area contributed by atoms with Crippen LogP contribution in [0.1, 0.15) is 66.3 Å². The third-order valence-corrected chi connectivity index (χ3v) is 15.8. The zero-order valence-electron chi connectivity index (χ0n) is 35.5. The van der Waals surface area contributed by atoms with Gasteiger partial charge in [-0.25, -0.2) is 15.0 Å². The number of hydrogen-bond acceptors (Lipinski definition) is 4. The van der Waals surface area contributed by atoms with Crippen molar-refractivity contribution in [3.63, 3.8) is 0 Å². The molecule has 0 unspecified atom stereocenters. The molecule has 1 spiro atoms. The van der Waals surface area contributed by atoms with E-state index in [9.17, 15) is 0 Å². The number of nitrogens with zero attached hydrogens (tertiary/aromatic N) is 3. The van der Waals surface area contributed by atoms with Crippen LogP contribution in [0.5, 0.6) is 11.5 Å². The zero-order chi connectivity index (χ0) is 42.0. The summed E-state index contributed by atoms with van der Waals surface area (Å²) >= 11 is 0. The number of hydrogen-bond donors (Lipinski definition) is 0. The van der Waals surface area contributed by atoms with Crippen molar-refractivity contribution in [3.8, 4) is 67.9 Å². The van der Waals surface area contributed by atoms with Gasteiger partial charge in [0.15, 0.2) is 17.5 Å². The van der Waals surface area contributed by atoms with E-state index < -0.39 is 5.41 Å². The van der Waals surface area contributed by atoms with Crippen molar-refractivity contribution < 1.29 is 4.74 Å². The normalized spacial score (nSPS) is 21.5. The first kappa shape index (κ1) is 36.3. The zero-order valence-corrected chi connectivity index (χ0v) is 35.5. The molecule has 64 heavy (non-hydrogen) atoms. The molecule has 1 aliphatic heterocycles. The van der Waals surface area contributed by atoms with Gasteiger partial charge in [0, 0.05) is 27.8 Å². The van der Waals surface area contributed by atoms with Crippen LogP contribution in [0.25, 0.3) is 67.2 Å². The van der Waals surface area contributed by atoms with E-state index in [4.69, 9.17) is 19.7 Å². The van der Waals surface area contributed by atoms with Crippen LogP contribution in [0.3, 0.4) is 0 Å². The van der Waals surface area contributed by atoms with Crippen molar-refractivity contribution in [3.05, 3.63) is 210 Å². The third-order valence-electron chi connectivity index (χ3n) is 15.8. The highest BCUT2D eigenvalue weighted by Gasteiger charge is 2.52. The summed E-state index contributed by atoms with van der Waals surface area (Å²) < 4.78 is 6.59. The molecular formula is C60H45N3O. The van der Waals surface area contributed by atoms with Gasteiger partial charge in [0.2, 0.25) is 0 Å². The first-order valence-electron chi connectivity index (χ1n) is 23.2. The molecular weight excluding hydrogens is 779 g/mol. The van der Waals surface area contributed by atoms with Gasteiger partial charge in [-0.2, -0.15) is 0 Å². The molecule has 4 saturated carbocycles. The van der Waals surface area contributed by atoms with E-state index in [0.717, 1.165) is 57.1 Å². The Hall–Kier alpha value is -7.17. The van der Waals surface area contributed by atoms with E-state index in [0.29, 0.717) is 22.9 Å². The lowest BCUT2D eigenvalue weighted by molar-refractivity contribution is -0.00518. The van der Waals surface area contributed by atoms with E-state index in [2.05, 4.69) is 182 Å². The Balaban J connectivity index is 0.863. The molecule has 0 amide bonds. The molecule has 0 radical (unpaired) electrons. The summed E-state index contributed by atoms with van der Waals surface area (Å²) in [5.74, 6) is 6.58. The minimum atomic E-state index is -0.513. The number of rotatable bonds is 5. The molecule has 0 N–H and O–H groups in total. The Bertz CT molecular complexity index is 3270. The molecule has 2 heterocycles. The van der Waals surface area contributed by atoms with Crippen LogP contribution in [0.2, 0.25) is 0 Å². The quantitative estimate of drug-likeness (QED) is 0.173. The molecule has 0 saturated heterocycles. The molecule has 4 bridgehead atoms. The fourth-order valence-electron chi connectivity index (χ4n) is 13.4. The first-order chi connectivity index (χ1) is 31.6. The van der Waals surface area contributed by atoms with Crippen molar-refractivity contribution in [1.29, 1.82) is 0 Å². The second-order valence-electron chi connectivity index (χ2n) is 19.4. The predicted octanol–water partition coefficient (Wildman–Crippen LogP) is 14.6. The van der Waals surface area contributed by atoms with E-state index >= 15 is 0 Å². The Morgan fingerprint density at radius 2 is 0.859 bits per heavy atom. The molecule has 5 aliphatic carbocycles. The largest absolute Gasteiger partial charge is 0.457 e. The third kappa shape index (κ3) is 5.38. The average molecular weight is 824 g/mol. The highest BCUT2D eigenvalue weighted by atomic mass is 16.5. The SMILES string of the molecule is c1ccc2c(c1)Oc1ccccc1C21c2ccccc2-c2ccc(-c3ccc(-c4nc(-c5ccc(C67CC8CC(CC(C8)C6)C7)cc5)nc(-c5ccc6ccccc6c5)n4)cc3)cc21. The summed E-state index contributed by atoms with van der Waals surface area (Å²) in [4.78, 5) is 15.6. The highest BCUT2D eigenvalue weighted by molar-refractivity contribution is 5.91. The van der Waals surface area contributed by atoms with E-state index in [1.165, 1.54) is 88.2 Å². The summed E-state index contributed by atoms with van der Waals surface area (Å²) in [6.45, 7) is 0. The van der Waals surface area contributed by atoms with E-state index in [1.54, 1.807) is 0 Å². The fourth-order valence-corrected chi connectivity index (χ4v) is 13.4. The second-order valence-corrected chi connectivity index (χ2v) is 19.4. The van der Waals surface area contributed by atoms with E-state index in [-0.39, 0.29) is 0 Å². The molecule has 6 aliphatic rings. The van der Waals surface area contributed by atoms with Gasteiger partial charge in [-0.15, -0.1) is 0 Å². The maximum absolute atomic E-state index is 6.59. The van der Waals surface area contributed by atoms with Crippen LogP contribution in [-0.4, -0.2) is 15.0 Å². The first-order valence-corrected chi connectivity index (χ1v) is 23.2. The summed E-state index contributed by atoms with van der Waals surface area (Å²) in [6, 6.07) is 66.1. The molecule has 4 heteroatoms. The topological polar surface area (TPSA) is 47.9 Å². The van der Waals surface area contributed by atoms with Gasteiger partial charge < -0.3 is 4.74 Å². The molecule has 0 atom stereocenters. The summed E-state index contributed by atoms with van der Waals surface area (Å²) in [7, 11) is 0. The van der Waals surface area contributed by atoms with Gasteiger partial charge in [-0.3, -0.25) is 0 Å². The minimum Gasteiger partial charge on any atom is -0.457 e. The van der Waals surface area contributed by atoms with Crippen LogP contribution < -0.4 is 4.74 Å². The Labute approximate surface area is 373 Å². The number of benzene rings is 8. The van der Waals surface area contributed by atoms with Crippen molar-refractivity contribution >= 4 is 10.8 Å². The maximum Gasteiger partial charge on any atom is 0.164 e. The summed E-state index contributed by atoms with van der Waals surface area (Å²) in [6.07, 6.45) is 8.41. The van der Waals surface area contributed by atoms with Crippen LogP contribution in [-0.2, 0) is 10.8 Å². The van der Waals surface area contributed by atoms with Crippen molar-refractivity contribution in [2.75, 3.05) is 0 Å². The van der Waals surface area contributed by atoms with Gasteiger partial charge in [0.05, 0.1) is 5.41 Å². The van der Waals surface area contributed by atoms with Gasteiger partial charge in [-0.05, 0) is 136 Å². The van der Waals surface area contributed by atoms with Crippen molar-refractivity contribution in [2.24, 2.45) is 17.8 Å². The average Bonchev–Trinajstić information content (AvgIpc) is 3.63. The van der Waals surface area contributed by atoms with Crippen LogP contribution in [0.15, 0.2) is 182 Å². The van der Waals surface area contributed by atoms with Gasteiger partial charge in [0.1, 0.15) is 11.5 Å².